The molecule has 3 aromatic rings. The van der Waals surface area contributed by atoms with Gasteiger partial charge in [0.05, 0.1) is 0 Å². The summed E-state index contributed by atoms with van der Waals surface area (Å²) in [5, 5.41) is 9.57. The van der Waals surface area contributed by atoms with Gasteiger partial charge in [-0.25, -0.2) is 9.18 Å². The van der Waals surface area contributed by atoms with Gasteiger partial charge in [-0.3, -0.25) is 4.79 Å². The molecule has 0 aliphatic carbocycles. The summed E-state index contributed by atoms with van der Waals surface area (Å²) in [6.07, 6.45) is 4.17. The normalized spacial score (nSPS) is 11.8. The second-order valence-electron chi connectivity index (χ2n) is 7.51. The molecule has 3 rings (SSSR count). The molecule has 164 valence electrons. The first-order chi connectivity index (χ1) is 15.1. The number of urea groups is 1. The predicted molar refractivity (Wildman–Crippen MR) is 120 cm³/mol. The van der Waals surface area contributed by atoms with Crippen molar-refractivity contribution in [3.05, 3.63) is 72.2 Å². The maximum Gasteiger partial charge on any atom is 0.315 e. The lowest BCUT2D eigenvalue weighted by Crippen LogP contribution is -2.50. The Hall–Kier alpha value is -3.35. The zero-order chi connectivity index (χ0) is 22.1. The van der Waals surface area contributed by atoms with Crippen LogP contribution >= 0.6 is 0 Å². The third-order valence-electron chi connectivity index (χ3n) is 5.12. The van der Waals surface area contributed by atoms with Gasteiger partial charge in [0, 0.05) is 31.3 Å². The fourth-order valence-electron chi connectivity index (χ4n) is 3.47. The quantitative estimate of drug-likeness (QED) is 0.431. The van der Waals surface area contributed by atoms with E-state index in [4.69, 9.17) is 0 Å². The maximum absolute atomic E-state index is 13.0. The van der Waals surface area contributed by atoms with Crippen molar-refractivity contribution >= 4 is 22.8 Å². The van der Waals surface area contributed by atoms with Gasteiger partial charge in [-0.2, -0.15) is 0 Å². The number of nitrogens with one attached hydrogen (secondary N) is 3. The summed E-state index contributed by atoms with van der Waals surface area (Å²) < 4.78 is 15.1. The molecule has 2 aromatic carbocycles. The van der Waals surface area contributed by atoms with Crippen LogP contribution < -0.4 is 16.0 Å². The number of fused-ring (bicyclic) bond motifs is 1. The van der Waals surface area contributed by atoms with Gasteiger partial charge in [-0.15, -0.1) is 0 Å². The molecule has 31 heavy (non-hydrogen) atoms. The van der Waals surface area contributed by atoms with E-state index in [0.29, 0.717) is 13.0 Å². The Morgan fingerprint density at radius 1 is 1.03 bits per heavy atom. The average Bonchev–Trinajstić information content (AvgIpc) is 3.19. The molecule has 0 spiro atoms. The molecule has 0 aliphatic heterocycles. The van der Waals surface area contributed by atoms with Gasteiger partial charge in [-0.1, -0.05) is 43.7 Å². The number of benzene rings is 2. The van der Waals surface area contributed by atoms with E-state index in [1.54, 1.807) is 12.1 Å². The lowest BCUT2D eigenvalue weighted by atomic mass is 10.1. The lowest BCUT2D eigenvalue weighted by molar-refractivity contribution is -0.123. The van der Waals surface area contributed by atoms with Gasteiger partial charge in [0.25, 0.3) is 0 Å². The Kier molecular flexibility index (Phi) is 8.04. The van der Waals surface area contributed by atoms with Gasteiger partial charge in [0.2, 0.25) is 5.91 Å². The number of hydrogen-bond donors (Lipinski definition) is 3. The minimum Gasteiger partial charge on any atom is -0.354 e. The number of carbonyl (C=O) groups excluding carboxylic acids is 2. The van der Waals surface area contributed by atoms with E-state index >= 15 is 0 Å². The molecule has 6 nitrogen and oxygen atoms in total. The topological polar surface area (TPSA) is 75.2 Å². The van der Waals surface area contributed by atoms with E-state index in [-0.39, 0.29) is 18.3 Å². The molecular weight excluding hydrogens is 395 g/mol. The minimum absolute atomic E-state index is 0.184. The predicted octanol–water partition coefficient (Wildman–Crippen LogP) is 3.95. The number of carbonyl (C=O) groups is 2. The van der Waals surface area contributed by atoms with Crippen LogP contribution in [0.2, 0.25) is 0 Å². The largest absolute Gasteiger partial charge is 0.354 e. The summed E-state index contributed by atoms with van der Waals surface area (Å²) in [5.41, 5.74) is 1.96. The van der Waals surface area contributed by atoms with Crippen molar-refractivity contribution in [3.8, 4) is 0 Å². The van der Waals surface area contributed by atoms with Crippen LogP contribution in [0, 0.1) is 5.82 Å². The van der Waals surface area contributed by atoms with Crippen molar-refractivity contribution in [2.45, 2.75) is 45.3 Å². The van der Waals surface area contributed by atoms with E-state index in [0.717, 1.165) is 24.9 Å². The van der Waals surface area contributed by atoms with Crippen LogP contribution in [-0.4, -0.2) is 29.1 Å². The monoisotopic (exact) mass is 424 g/mol. The van der Waals surface area contributed by atoms with E-state index in [2.05, 4.69) is 44.9 Å². The van der Waals surface area contributed by atoms with E-state index in [9.17, 15) is 14.0 Å². The minimum atomic E-state index is -0.592. The zero-order valence-corrected chi connectivity index (χ0v) is 17.7. The van der Waals surface area contributed by atoms with Crippen LogP contribution in [0.1, 0.15) is 31.7 Å². The van der Waals surface area contributed by atoms with Gasteiger partial charge in [0.1, 0.15) is 11.9 Å². The molecule has 0 bridgehead atoms. The molecule has 7 heteroatoms. The Morgan fingerprint density at radius 2 is 1.81 bits per heavy atom. The summed E-state index contributed by atoms with van der Waals surface area (Å²) >= 11 is 0. The standard InChI is InChI=1S/C24H29FN4O2/c1-2-6-21(28-24(31)27-17-18-9-11-20(25)12-10-18)23(30)26-14-5-15-29-16-13-19-7-3-4-8-22(19)29/h3-4,7-13,16,21H,2,5-6,14-15,17H2,1H3,(H,26,30)(H2,27,28,31)/t21-/m1/s1. The molecule has 3 amide bonds. The number of para-hydroxylation sites is 1. The molecule has 0 fully saturated rings. The number of hydrogen-bond acceptors (Lipinski definition) is 2. The molecular formula is C24H29FN4O2. The highest BCUT2D eigenvalue weighted by molar-refractivity contribution is 5.87. The second kappa shape index (κ2) is 11.2. The number of rotatable bonds is 10. The third kappa shape index (κ3) is 6.57. The summed E-state index contributed by atoms with van der Waals surface area (Å²) in [4.78, 5) is 24.8. The summed E-state index contributed by atoms with van der Waals surface area (Å²) in [5.74, 6) is -0.506. The highest BCUT2D eigenvalue weighted by Gasteiger charge is 2.19. The van der Waals surface area contributed by atoms with Gasteiger partial charge in [0.15, 0.2) is 0 Å². The van der Waals surface area contributed by atoms with Crippen LogP contribution in [-0.2, 0) is 17.9 Å². The molecule has 0 saturated carbocycles. The number of nitrogens with zero attached hydrogens (tertiary/aromatic N) is 1. The molecule has 3 N–H and O–H groups in total. The van der Waals surface area contributed by atoms with Gasteiger partial charge >= 0.3 is 6.03 Å². The van der Waals surface area contributed by atoms with Crippen molar-refractivity contribution in [1.82, 2.24) is 20.5 Å². The lowest BCUT2D eigenvalue weighted by Gasteiger charge is -2.18. The van der Waals surface area contributed by atoms with Crippen LogP contribution in [0.25, 0.3) is 10.9 Å². The van der Waals surface area contributed by atoms with E-state index in [1.807, 2.05) is 19.1 Å². The Morgan fingerprint density at radius 3 is 2.58 bits per heavy atom. The third-order valence-corrected chi connectivity index (χ3v) is 5.12. The van der Waals surface area contributed by atoms with Crippen molar-refractivity contribution in [2.75, 3.05) is 6.54 Å². The van der Waals surface area contributed by atoms with Crippen LogP contribution in [0.15, 0.2) is 60.8 Å². The van der Waals surface area contributed by atoms with Crippen molar-refractivity contribution in [3.63, 3.8) is 0 Å². The smallest absolute Gasteiger partial charge is 0.315 e. The summed E-state index contributed by atoms with van der Waals surface area (Å²) in [6, 6.07) is 15.2. The van der Waals surface area contributed by atoms with Crippen molar-refractivity contribution in [2.24, 2.45) is 0 Å². The molecule has 1 atom stereocenters. The van der Waals surface area contributed by atoms with E-state index in [1.165, 1.54) is 23.0 Å². The van der Waals surface area contributed by atoms with Crippen molar-refractivity contribution in [1.29, 1.82) is 0 Å². The summed E-state index contributed by atoms with van der Waals surface area (Å²) in [6.45, 7) is 3.56. The first kappa shape index (κ1) is 22.3. The maximum atomic E-state index is 13.0. The van der Waals surface area contributed by atoms with Gasteiger partial charge < -0.3 is 20.5 Å². The van der Waals surface area contributed by atoms with Crippen LogP contribution in [0.5, 0.6) is 0 Å². The zero-order valence-electron chi connectivity index (χ0n) is 17.7. The van der Waals surface area contributed by atoms with Gasteiger partial charge in [-0.05, 0) is 48.1 Å². The molecule has 0 aliphatic rings. The summed E-state index contributed by atoms with van der Waals surface area (Å²) in [7, 11) is 0. The molecule has 0 radical (unpaired) electrons. The Labute approximate surface area is 181 Å². The second-order valence-corrected chi connectivity index (χ2v) is 7.51. The fourth-order valence-corrected chi connectivity index (χ4v) is 3.47. The number of amides is 3. The molecule has 0 unspecified atom stereocenters. The fraction of sp³-hybridized carbons (Fsp3) is 0.333. The molecule has 1 aromatic heterocycles. The Balaban J connectivity index is 1.42. The number of halogens is 1. The first-order valence-corrected chi connectivity index (χ1v) is 10.7. The first-order valence-electron chi connectivity index (χ1n) is 10.7. The highest BCUT2D eigenvalue weighted by Crippen LogP contribution is 2.15. The van der Waals surface area contributed by atoms with E-state index < -0.39 is 12.1 Å². The van der Waals surface area contributed by atoms with Crippen molar-refractivity contribution < 1.29 is 14.0 Å². The SMILES string of the molecule is CCC[C@@H](NC(=O)NCc1ccc(F)cc1)C(=O)NCCCn1ccc2ccccc21. The number of aryl methyl sites for hydroxylation is 1. The van der Waals surface area contributed by atoms with Crippen LogP contribution in [0.4, 0.5) is 9.18 Å². The average molecular weight is 425 g/mol. The molecule has 1 heterocycles. The highest BCUT2D eigenvalue weighted by atomic mass is 19.1. The molecule has 0 saturated heterocycles. The Bertz CT molecular complexity index is 1000. The van der Waals surface area contributed by atoms with Crippen LogP contribution in [0.3, 0.4) is 0 Å². The number of aromatic nitrogens is 1.